The first-order valence-electron chi connectivity index (χ1n) is 4.57. The third-order valence-electron chi connectivity index (χ3n) is 1.96. The van der Waals surface area contributed by atoms with Gasteiger partial charge in [-0.2, -0.15) is 13.2 Å². The molecule has 0 fully saturated rings. The molecule has 0 amide bonds. The van der Waals surface area contributed by atoms with Crippen molar-refractivity contribution >= 4 is 17.5 Å². The molecule has 18 heavy (non-hydrogen) atoms. The fraction of sp³-hybridized carbons (Fsp3) is 0.0909. The molecule has 0 aromatic heterocycles. The van der Waals surface area contributed by atoms with Crippen LogP contribution in [0, 0.1) is 0 Å². The van der Waals surface area contributed by atoms with Crippen molar-refractivity contribution in [3.63, 3.8) is 0 Å². The zero-order valence-electron chi connectivity index (χ0n) is 8.73. The summed E-state index contributed by atoms with van der Waals surface area (Å²) in [4.78, 5) is 21.0. The van der Waals surface area contributed by atoms with Crippen LogP contribution in [0.25, 0.3) is 5.76 Å². The third-order valence-corrected chi connectivity index (χ3v) is 1.96. The van der Waals surface area contributed by atoms with Crippen molar-refractivity contribution < 1.29 is 33.0 Å². The number of carbonyl (C=O) groups is 2. The Morgan fingerprint density at radius 1 is 1.17 bits per heavy atom. The number of carbonyl (C=O) groups excluding carboxylic acids is 1. The molecular weight excluding hydrogens is 253 g/mol. The standard InChI is InChI=1S/C11H7F3O4/c12-11(13,14)7-3-1-2-6(4-7)8(15)5-9(16)10(17)18/h1-5,15H,(H,17,18). The summed E-state index contributed by atoms with van der Waals surface area (Å²) < 4.78 is 37.1. The van der Waals surface area contributed by atoms with E-state index < -0.39 is 29.3 Å². The zero-order chi connectivity index (χ0) is 13.9. The number of aliphatic hydroxyl groups excluding tert-OH is 1. The highest BCUT2D eigenvalue weighted by atomic mass is 19.4. The van der Waals surface area contributed by atoms with Crippen LogP contribution in [0.2, 0.25) is 0 Å². The van der Waals surface area contributed by atoms with Crippen LogP contribution in [0.15, 0.2) is 30.3 Å². The van der Waals surface area contributed by atoms with Gasteiger partial charge in [-0.15, -0.1) is 0 Å². The van der Waals surface area contributed by atoms with Crippen molar-refractivity contribution in [3.05, 3.63) is 41.5 Å². The summed E-state index contributed by atoms with van der Waals surface area (Å²) in [7, 11) is 0. The fourth-order valence-electron chi connectivity index (χ4n) is 1.12. The lowest BCUT2D eigenvalue weighted by Crippen LogP contribution is -2.10. The molecule has 1 rings (SSSR count). The predicted molar refractivity (Wildman–Crippen MR) is 54.7 cm³/mol. The molecule has 1 aromatic carbocycles. The van der Waals surface area contributed by atoms with Crippen LogP contribution in [-0.2, 0) is 15.8 Å². The highest BCUT2D eigenvalue weighted by Crippen LogP contribution is 2.30. The average Bonchev–Trinajstić information content (AvgIpc) is 2.27. The summed E-state index contributed by atoms with van der Waals surface area (Å²) in [6.07, 6.45) is -4.25. The molecule has 0 bridgehead atoms. The van der Waals surface area contributed by atoms with Crippen molar-refractivity contribution in [1.82, 2.24) is 0 Å². The van der Waals surface area contributed by atoms with Crippen LogP contribution >= 0.6 is 0 Å². The van der Waals surface area contributed by atoms with Crippen molar-refractivity contribution in [2.24, 2.45) is 0 Å². The van der Waals surface area contributed by atoms with Gasteiger partial charge in [-0.1, -0.05) is 12.1 Å². The molecule has 1 aromatic rings. The summed E-state index contributed by atoms with van der Waals surface area (Å²) >= 11 is 0. The molecule has 0 heterocycles. The number of carboxylic acids is 1. The number of halogens is 3. The lowest BCUT2D eigenvalue weighted by molar-refractivity contribution is -0.146. The summed E-state index contributed by atoms with van der Waals surface area (Å²) in [5, 5.41) is 17.6. The third kappa shape index (κ3) is 3.34. The summed E-state index contributed by atoms with van der Waals surface area (Å²) in [5.74, 6) is -4.08. The molecule has 0 radical (unpaired) electrons. The number of aliphatic carboxylic acids is 1. The highest BCUT2D eigenvalue weighted by molar-refractivity contribution is 6.38. The maximum absolute atomic E-state index is 12.4. The molecule has 4 nitrogen and oxygen atoms in total. The Bertz CT molecular complexity index is 517. The second-order valence-electron chi connectivity index (χ2n) is 3.28. The minimum atomic E-state index is -4.59. The van der Waals surface area contributed by atoms with Gasteiger partial charge in [0.05, 0.1) is 5.56 Å². The number of alkyl halides is 3. The van der Waals surface area contributed by atoms with E-state index in [9.17, 15) is 27.9 Å². The van der Waals surface area contributed by atoms with Gasteiger partial charge < -0.3 is 10.2 Å². The number of hydrogen-bond donors (Lipinski definition) is 2. The summed E-state index contributed by atoms with van der Waals surface area (Å²) in [6.45, 7) is 0. The van der Waals surface area contributed by atoms with E-state index in [1.807, 2.05) is 0 Å². The molecule has 0 spiro atoms. The monoisotopic (exact) mass is 260 g/mol. The van der Waals surface area contributed by atoms with Gasteiger partial charge in [0.2, 0.25) is 0 Å². The Kier molecular flexibility index (Phi) is 3.75. The van der Waals surface area contributed by atoms with Gasteiger partial charge in [-0.3, -0.25) is 4.79 Å². The number of hydrogen-bond acceptors (Lipinski definition) is 3. The quantitative estimate of drug-likeness (QED) is 0.496. The van der Waals surface area contributed by atoms with E-state index in [1.54, 1.807) is 0 Å². The number of carboxylic acid groups (broad SMARTS) is 1. The van der Waals surface area contributed by atoms with Gasteiger partial charge in [0, 0.05) is 11.6 Å². The van der Waals surface area contributed by atoms with E-state index >= 15 is 0 Å². The topological polar surface area (TPSA) is 74.6 Å². The van der Waals surface area contributed by atoms with Crippen LogP contribution in [0.5, 0.6) is 0 Å². The molecule has 0 atom stereocenters. The highest BCUT2D eigenvalue weighted by Gasteiger charge is 2.30. The molecule has 0 saturated heterocycles. The SMILES string of the molecule is O=C(O)C(=O)C=C(O)c1cccc(C(F)(F)F)c1. The molecule has 0 unspecified atom stereocenters. The molecule has 96 valence electrons. The van der Waals surface area contributed by atoms with Gasteiger partial charge in [0.25, 0.3) is 5.78 Å². The maximum atomic E-state index is 12.4. The largest absolute Gasteiger partial charge is 0.507 e. The Morgan fingerprint density at radius 2 is 1.78 bits per heavy atom. The van der Waals surface area contributed by atoms with E-state index in [1.165, 1.54) is 0 Å². The molecule has 0 aliphatic rings. The van der Waals surface area contributed by atoms with E-state index in [-0.39, 0.29) is 5.56 Å². The summed E-state index contributed by atoms with van der Waals surface area (Å²) in [5.41, 5.74) is -1.30. The van der Waals surface area contributed by atoms with Gasteiger partial charge in [0.1, 0.15) is 5.76 Å². The second kappa shape index (κ2) is 4.91. The molecular formula is C11H7F3O4. The minimum absolute atomic E-state index is 0.292. The van der Waals surface area contributed by atoms with E-state index in [0.717, 1.165) is 18.2 Å². The van der Waals surface area contributed by atoms with Crippen LogP contribution in [0.4, 0.5) is 13.2 Å². The first-order chi connectivity index (χ1) is 8.21. The first-order valence-corrected chi connectivity index (χ1v) is 4.57. The number of aliphatic hydroxyl groups is 1. The minimum Gasteiger partial charge on any atom is -0.507 e. The van der Waals surface area contributed by atoms with E-state index in [4.69, 9.17) is 5.11 Å². The Morgan fingerprint density at radius 3 is 2.28 bits per heavy atom. The van der Waals surface area contributed by atoms with Crippen LogP contribution < -0.4 is 0 Å². The van der Waals surface area contributed by atoms with Gasteiger partial charge >= 0.3 is 12.1 Å². The van der Waals surface area contributed by atoms with Gasteiger partial charge in [-0.05, 0) is 12.1 Å². The Balaban J connectivity index is 3.11. The maximum Gasteiger partial charge on any atom is 0.416 e. The van der Waals surface area contributed by atoms with Crippen LogP contribution in [0.1, 0.15) is 11.1 Å². The zero-order valence-corrected chi connectivity index (χ0v) is 8.73. The van der Waals surface area contributed by atoms with Crippen LogP contribution in [0.3, 0.4) is 0 Å². The van der Waals surface area contributed by atoms with E-state index in [0.29, 0.717) is 12.1 Å². The second-order valence-corrected chi connectivity index (χ2v) is 3.28. The summed E-state index contributed by atoms with van der Waals surface area (Å²) in [6, 6.07) is 3.56. The van der Waals surface area contributed by atoms with Crippen molar-refractivity contribution in [2.45, 2.75) is 6.18 Å². The lowest BCUT2D eigenvalue weighted by Gasteiger charge is -2.07. The van der Waals surface area contributed by atoms with Crippen molar-refractivity contribution in [3.8, 4) is 0 Å². The predicted octanol–water partition coefficient (Wildman–Crippen LogP) is 2.26. The average molecular weight is 260 g/mol. The molecule has 0 saturated carbocycles. The smallest absolute Gasteiger partial charge is 0.416 e. The van der Waals surface area contributed by atoms with Crippen molar-refractivity contribution in [2.75, 3.05) is 0 Å². The molecule has 0 aliphatic heterocycles. The Labute approximate surface area is 99.0 Å². The number of rotatable bonds is 3. The number of ketones is 1. The Hall–Kier alpha value is -2.31. The van der Waals surface area contributed by atoms with Crippen LogP contribution in [-0.4, -0.2) is 22.0 Å². The van der Waals surface area contributed by atoms with Crippen molar-refractivity contribution in [1.29, 1.82) is 0 Å². The molecule has 0 aliphatic carbocycles. The fourth-order valence-corrected chi connectivity index (χ4v) is 1.12. The lowest BCUT2D eigenvalue weighted by atomic mass is 10.1. The van der Waals surface area contributed by atoms with Gasteiger partial charge in [0.15, 0.2) is 0 Å². The normalized spacial score (nSPS) is 12.3. The van der Waals surface area contributed by atoms with Gasteiger partial charge in [-0.25, -0.2) is 4.79 Å². The first kappa shape index (κ1) is 13.8. The number of benzene rings is 1. The molecule has 7 heteroatoms. The van der Waals surface area contributed by atoms with E-state index in [2.05, 4.69) is 0 Å². The molecule has 2 N–H and O–H groups in total.